The van der Waals surface area contributed by atoms with Crippen molar-refractivity contribution in [2.45, 2.75) is 4.90 Å². The second-order valence-corrected chi connectivity index (χ2v) is 5.36. The molecule has 1 amide bonds. The Hall–Kier alpha value is -2.05. The molecular formula is C14H11ClN2O3S. The van der Waals surface area contributed by atoms with Crippen molar-refractivity contribution < 1.29 is 9.72 Å². The van der Waals surface area contributed by atoms with Crippen LogP contribution in [0.3, 0.4) is 0 Å². The van der Waals surface area contributed by atoms with Crippen LogP contribution in [-0.4, -0.2) is 17.1 Å². The number of amides is 1. The monoisotopic (exact) mass is 322 g/mol. The van der Waals surface area contributed by atoms with E-state index in [1.807, 2.05) is 18.4 Å². The first-order chi connectivity index (χ1) is 10.0. The molecule has 0 aliphatic rings. The zero-order valence-electron chi connectivity index (χ0n) is 11.0. The van der Waals surface area contributed by atoms with E-state index in [-0.39, 0.29) is 10.6 Å². The molecular weight excluding hydrogens is 312 g/mol. The van der Waals surface area contributed by atoms with Gasteiger partial charge in [0.15, 0.2) is 0 Å². The predicted octanol–water partition coefficient (Wildman–Crippen LogP) is 4.22. The summed E-state index contributed by atoms with van der Waals surface area (Å²) in [6.07, 6.45) is 1.95. The number of hydrogen-bond donors (Lipinski definition) is 1. The highest BCUT2D eigenvalue weighted by molar-refractivity contribution is 7.98. The standard InChI is InChI=1S/C14H11ClN2O3S/c1-21-10-7-5-9(6-8-10)16-14(18)11-3-2-4-12(15)13(11)17(19)20/h2-8H,1H3,(H,16,18). The minimum absolute atomic E-state index is 0.0645. The average Bonchev–Trinajstić information content (AvgIpc) is 2.47. The maximum Gasteiger partial charge on any atom is 0.300 e. The summed E-state index contributed by atoms with van der Waals surface area (Å²) < 4.78 is 0. The van der Waals surface area contributed by atoms with Gasteiger partial charge in [-0.2, -0.15) is 0 Å². The third kappa shape index (κ3) is 3.53. The van der Waals surface area contributed by atoms with E-state index in [0.29, 0.717) is 5.69 Å². The fourth-order valence-corrected chi connectivity index (χ4v) is 2.41. The van der Waals surface area contributed by atoms with Gasteiger partial charge in [-0.05, 0) is 42.7 Å². The molecule has 2 aromatic carbocycles. The number of benzene rings is 2. The SMILES string of the molecule is CSc1ccc(NC(=O)c2cccc(Cl)c2[N+](=O)[O-])cc1. The lowest BCUT2D eigenvalue weighted by atomic mass is 10.1. The number of para-hydroxylation sites is 1. The Morgan fingerprint density at radius 2 is 1.90 bits per heavy atom. The summed E-state index contributed by atoms with van der Waals surface area (Å²) in [7, 11) is 0. The average molecular weight is 323 g/mol. The van der Waals surface area contributed by atoms with E-state index in [4.69, 9.17) is 11.6 Å². The number of nitrogens with zero attached hydrogens (tertiary/aromatic N) is 1. The van der Waals surface area contributed by atoms with Crippen molar-refractivity contribution in [1.82, 2.24) is 0 Å². The Morgan fingerprint density at radius 1 is 1.24 bits per heavy atom. The van der Waals surface area contributed by atoms with Crippen LogP contribution >= 0.6 is 23.4 Å². The summed E-state index contributed by atoms with van der Waals surface area (Å²) in [5, 5.41) is 13.6. The lowest BCUT2D eigenvalue weighted by molar-refractivity contribution is -0.385. The number of rotatable bonds is 4. The van der Waals surface area contributed by atoms with Gasteiger partial charge in [0.2, 0.25) is 0 Å². The molecule has 0 saturated carbocycles. The van der Waals surface area contributed by atoms with E-state index in [1.165, 1.54) is 18.2 Å². The molecule has 108 valence electrons. The molecule has 7 heteroatoms. The first-order valence-corrected chi connectivity index (χ1v) is 7.51. The van der Waals surface area contributed by atoms with Crippen molar-refractivity contribution in [1.29, 1.82) is 0 Å². The van der Waals surface area contributed by atoms with E-state index >= 15 is 0 Å². The zero-order chi connectivity index (χ0) is 15.4. The van der Waals surface area contributed by atoms with Gasteiger partial charge in [-0.15, -0.1) is 11.8 Å². The molecule has 0 spiro atoms. The molecule has 5 nitrogen and oxygen atoms in total. The summed E-state index contributed by atoms with van der Waals surface area (Å²) in [5.74, 6) is -0.568. The van der Waals surface area contributed by atoms with Crippen molar-refractivity contribution in [3.8, 4) is 0 Å². The number of halogens is 1. The van der Waals surface area contributed by atoms with Crippen LogP contribution in [0.4, 0.5) is 11.4 Å². The molecule has 2 aromatic rings. The largest absolute Gasteiger partial charge is 0.322 e. The van der Waals surface area contributed by atoms with Crippen LogP contribution in [-0.2, 0) is 0 Å². The highest BCUT2D eigenvalue weighted by Gasteiger charge is 2.23. The molecule has 0 aliphatic heterocycles. The van der Waals surface area contributed by atoms with Gasteiger partial charge in [0, 0.05) is 10.6 Å². The van der Waals surface area contributed by atoms with Crippen LogP contribution in [0.2, 0.25) is 5.02 Å². The number of nitro groups is 1. The van der Waals surface area contributed by atoms with Crippen molar-refractivity contribution in [2.24, 2.45) is 0 Å². The second-order valence-electron chi connectivity index (χ2n) is 4.08. The molecule has 1 N–H and O–H groups in total. The van der Waals surface area contributed by atoms with E-state index in [9.17, 15) is 14.9 Å². The van der Waals surface area contributed by atoms with Crippen LogP contribution in [0.15, 0.2) is 47.4 Å². The molecule has 0 fully saturated rings. The molecule has 21 heavy (non-hydrogen) atoms. The molecule has 0 aromatic heterocycles. The van der Waals surface area contributed by atoms with Gasteiger partial charge in [-0.25, -0.2) is 0 Å². The van der Waals surface area contributed by atoms with Crippen LogP contribution in [0.5, 0.6) is 0 Å². The second kappa shape index (κ2) is 6.60. The maximum absolute atomic E-state index is 12.2. The van der Waals surface area contributed by atoms with Crippen LogP contribution < -0.4 is 5.32 Å². The highest BCUT2D eigenvalue weighted by atomic mass is 35.5. The molecule has 0 unspecified atom stereocenters. The Balaban J connectivity index is 2.28. The van der Waals surface area contributed by atoms with Crippen molar-refractivity contribution in [2.75, 3.05) is 11.6 Å². The van der Waals surface area contributed by atoms with Gasteiger partial charge in [-0.1, -0.05) is 17.7 Å². The fourth-order valence-electron chi connectivity index (χ4n) is 1.76. The van der Waals surface area contributed by atoms with Crippen molar-refractivity contribution >= 4 is 40.6 Å². The number of hydrogen-bond acceptors (Lipinski definition) is 4. The number of nitro benzene ring substituents is 1. The van der Waals surface area contributed by atoms with Gasteiger partial charge in [0.1, 0.15) is 10.6 Å². The van der Waals surface area contributed by atoms with Crippen LogP contribution in [0, 0.1) is 10.1 Å². The van der Waals surface area contributed by atoms with Crippen molar-refractivity contribution in [3.05, 3.63) is 63.2 Å². The van der Waals surface area contributed by atoms with Crippen LogP contribution in [0.1, 0.15) is 10.4 Å². The Bertz CT molecular complexity index is 689. The Labute approximate surface area is 130 Å². The van der Waals surface area contributed by atoms with Gasteiger partial charge in [0.25, 0.3) is 5.91 Å². The first kappa shape index (κ1) is 15.3. The zero-order valence-corrected chi connectivity index (χ0v) is 12.6. The summed E-state index contributed by atoms with van der Waals surface area (Å²) in [5.41, 5.74) is 0.103. The maximum atomic E-state index is 12.2. The van der Waals surface area contributed by atoms with Crippen LogP contribution in [0.25, 0.3) is 0 Å². The summed E-state index contributed by atoms with van der Waals surface area (Å²) in [6.45, 7) is 0. The minimum Gasteiger partial charge on any atom is -0.322 e. The molecule has 2 rings (SSSR count). The molecule has 0 bridgehead atoms. The molecule has 0 radical (unpaired) electrons. The Morgan fingerprint density at radius 3 is 2.48 bits per heavy atom. The highest BCUT2D eigenvalue weighted by Crippen LogP contribution is 2.29. The minimum atomic E-state index is -0.659. The molecule has 0 aliphatic carbocycles. The number of anilines is 1. The Kier molecular flexibility index (Phi) is 4.82. The summed E-state index contributed by atoms with van der Waals surface area (Å²) in [6, 6.07) is 11.4. The smallest absolute Gasteiger partial charge is 0.300 e. The first-order valence-electron chi connectivity index (χ1n) is 5.91. The van der Waals surface area contributed by atoms with Crippen molar-refractivity contribution in [3.63, 3.8) is 0 Å². The lowest BCUT2D eigenvalue weighted by Gasteiger charge is -2.07. The summed E-state index contributed by atoms with van der Waals surface area (Å²) in [4.78, 5) is 23.6. The van der Waals surface area contributed by atoms with E-state index in [0.717, 1.165) is 4.90 Å². The number of carbonyl (C=O) groups is 1. The molecule has 0 atom stereocenters. The van der Waals surface area contributed by atoms with E-state index in [2.05, 4.69) is 5.32 Å². The van der Waals surface area contributed by atoms with Gasteiger partial charge < -0.3 is 5.32 Å². The number of thioether (sulfide) groups is 1. The van der Waals surface area contributed by atoms with E-state index < -0.39 is 16.5 Å². The number of carbonyl (C=O) groups excluding carboxylic acids is 1. The number of nitrogens with one attached hydrogen (secondary N) is 1. The molecule has 0 heterocycles. The quantitative estimate of drug-likeness (QED) is 0.519. The normalized spacial score (nSPS) is 10.2. The van der Waals surface area contributed by atoms with Gasteiger partial charge in [-0.3, -0.25) is 14.9 Å². The third-order valence-electron chi connectivity index (χ3n) is 2.76. The van der Waals surface area contributed by atoms with Gasteiger partial charge >= 0.3 is 5.69 Å². The predicted molar refractivity (Wildman–Crippen MR) is 84.3 cm³/mol. The van der Waals surface area contributed by atoms with E-state index in [1.54, 1.807) is 23.9 Å². The summed E-state index contributed by atoms with van der Waals surface area (Å²) >= 11 is 7.37. The topological polar surface area (TPSA) is 72.2 Å². The fraction of sp³-hybridized carbons (Fsp3) is 0.0714. The lowest BCUT2D eigenvalue weighted by Crippen LogP contribution is -2.14. The molecule has 0 saturated heterocycles. The van der Waals surface area contributed by atoms with Gasteiger partial charge in [0.05, 0.1) is 4.92 Å². The third-order valence-corrected chi connectivity index (χ3v) is 3.81.